The van der Waals surface area contributed by atoms with Gasteiger partial charge in [-0.3, -0.25) is 4.79 Å². The van der Waals surface area contributed by atoms with Gasteiger partial charge in [-0.15, -0.1) is 22.6 Å². The van der Waals surface area contributed by atoms with Gasteiger partial charge in [0.05, 0.1) is 12.5 Å². The Hall–Kier alpha value is -1.99. The minimum atomic E-state index is -0.459. The van der Waals surface area contributed by atoms with E-state index in [2.05, 4.69) is 20.1 Å². The Labute approximate surface area is 164 Å². The highest BCUT2D eigenvalue weighted by Gasteiger charge is 2.31. The number of aromatic nitrogens is 3. The smallest absolute Gasteiger partial charge is 0.229 e. The average molecular weight is 394 g/mol. The molecule has 1 aromatic heterocycles. The fourth-order valence-corrected chi connectivity index (χ4v) is 4.01. The second-order valence-electron chi connectivity index (χ2n) is 7.15. The number of hydrogen-bond donors (Lipinski definition) is 1. The number of carbonyl (C=O) groups is 1. The highest BCUT2D eigenvalue weighted by Crippen LogP contribution is 2.30. The number of fused-ring (bicyclic) bond motifs is 1. The van der Waals surface area contributed by atoms with Crippen molar-refractivity contribution in [3.05, 3.63) is 47.3 Å². The van der Waals surface area contributed by atoms with E-state index in [1.165, 1.54) is 6.07 Å². The third-order valence-corrected chi connectivity index (χ3v) is 5.57. The van der Waals surface area contributed by atoms with Gasteiger partial charge >= 0.3 is 0 Å². The van der Waals surface area contributed by atoms with Crippen LogP contribution in [-0.4, -0.2) is 45.2 Å². The van der Waals surface area contributed by atoms with Crippen LogP contribution in [0.3, 0.4) is 0 Å². The van der Waals surface area contributed by atoms with E-state index in [4.69, 9.17) is 0 Å². The topological polar surface area (TPSA) is 63.1 Å². The maximum atomic E-state index is 14.0. The minimum Gasteiger partial charge on any atom is -0.342 e. The Morgan fingerprint density at radius 2 is 1.96 bits per heavy atom. The Morgan fingerprint density at radius 1 is 1.22 bits per heavy atom. The molecule has 2 aliphatic rings. The first kappa shape index (κ1) is 19.8. The Kier molecular flexibility index (Phi) is 6.11. The summed E-state index contributed by atoms with van der Waals surface area (Å²) in [6, 6.07) is 6.53. The molecule has 2 aromatic rings. The molecule has 2 aliphatic heterocycles. The van der Waals surface area contributed by atoms with E-state index in [1.54, 1.807) is 25.1 Å². The summed E-state index contributed by atoms with van der Waals surface area (Å²) in [5.41, 5.74) is 0.471. The van der Waals surface area contributed by atoms with Crippen LogP contribution in [0.4, 0.5) is 4.39 Å². The summed E-state index contributed by atoms with van der Waals surface area (Å²) in [4.78, 5) is 14.7. The van der Waals surface area contributed by atoms with E-state index < -0.39 is 5.92 Å². The van der Waals surface area contributed by atoms with Crippen LogP contribution < -0.4 is 5.32 Å². The number of likely N-dealkylation sites (tertiary alicyclic amines) is 1. The fourth-order valence-electron chi connectivity index (χ4n) is 4.01. The van der Waals surface area contributed by atoms with Crippen molar-refractivity contribution in [1.82, 2.24) is 25.0 Å². The summed E-state index contributed by atoms with van der Waals surface area (Å²) in [6.07, 6.45) is 1.75. The van der Waals surface area contributed by atoms with Gasteiger partial charge in [0, 0.05) is 32.1 Å². The van der Waals surface area contributed by atoms with E-state index in [0.29, 0.717) is 24.6 Å². The summed E-state index contributed by atoms with van der Waals surface area (Å²) in [5.74, 6) is 1.61. The van der Waals surface area contributed by atoms with Crippen molar-refractivity contribution in [2.24, 2.45) is 0 Å². The molecule has 1 amide bonds. The zero-order valence-electron chi connectivity index (χ0n) is 15.4. The molecule has 0 spiro atoms. The van der Waals surface area contributed by atoms with Gasteiger partial charge in [0.15, 0.2) is 0 Å². The maximum Gasteiger partial charge on any atom is 0.229 e. The van der Waals surface area contributed by atoms with Gasteiger partial charge in [0.25, 0.3) is 0 Å². The van der Waals surface area contributed by atoms with Crippen LogP contribution in [0.25, 0.3) is 0 Å². The molecule has 0 aliphatic carbocycles. The third-order valence-electron chi connectivity index (χ3n) is 5.57. The molecule has 1 atom stereocenters. The van der Waals surface area contributed by atoms with Crippen LogP contribution in [0.5, 0.6) is 0 Å². The van der Waals surface area contributed by atoms with Crippen LogP contribution in [0, 0.1) is 5.82 Å². The number of benzene rings is 1. The summed E-state index contributed by atoms with van der Waals surface area (Å²) in [5, 5.41) is 12.0. The second kappa shape index (κ2) is 8.35. The van der Waals surface area contributed by atoms with Crippen molar-refractivity contribution < 1.29 is 9.18 Å². The van der Waals surface area contributed by atoms with E-state index in [-0.39, 0.29) is 24.1 Å². The molecule has 1 fully saturated rings. The van der Waals surface area contributed by atoms with Crippen LogP contribution in [-0.2, 0) is 17.9 Å². The van der Waals surface area contributed by atoms with Crippen molar-refractivity contribution in [1.29, 1.82) is 0 Å². The molecule has 0 bridgehead atoms. The van der Waals surface area contributed by atoms with E-state index in [1.807, 2.05) is 4.90 Å². The van der Waals surface area contributed by atoms with Crippen molar-refractivity contribution in [3.8, 4) is 0 Å². The molecular weight excluding hydrogens is 369 g/mol. The molecule has 1 unspecified atom stereocenters. The number of piperidine rings is 1. The first-order valence-electron chi connectivity index (χ1n) is 9.31. The van der Waals surface area contributed by atoms with E-state index in [0.717, 1.165) is 44.1 Å². The SMILES string of the molecule is CC(C(=O)N1CCC(c2nnc3n2CCNC3)CC1)c1ccccc1F.Cl. The molecule has 3 heterocycles. The van der Waals surface area contributed by atoms with Crippen LogP contribution in [0.1, 0.15) is 48.8 Å². The lowest BCUT2D eigenvalue weighted by atomic mass is 9.93. The van der Waals surface area contributed by atoms with Crippen molar-refractivity contribution in [3.63, 3.8) is 0 Å². The van der Waals surface area contributed by atoms with Crippen molar-refractivity contribution >= 4 is 18.3 Å². The quantitative estimate of drug-likeness (QED) is 0.870. The highest BCUT2D eigenvalue weighted by atomic mass is 35.5. The monoisotopic (exact) mass is 393 g/mol. The highest BCUT2D eigenvalue weighted by molar-refractivity contribution is 5.85. The molecule has 27 heavy (non-hydrogen) atoms. The van der Waals surface area contributed by atoms with Gasteiger partial charge in [-0.2, -0.15) is 0 Å². The van der Waals surface area contributed by atoms with Gasteiger partial charge in [-0.25, -0.2) is 4.39 Å². The normalized spacial score (nSPS) is 18.5. The van der Waals surface area contributed by atoms with Crippen molar-refractivity contribution in [2.45, 2.75) is 44.7 Å². The molecule has 8 heteroatoms. The average Bonchev–Trinajstić information content (AvgIpc) is 3.11. The summed E-state index contributed by atoms with van der Waals surface area (Å²) < 4.78 is 16.2. The number of hydrogen-bond acceptors (Lipinski definition) is 4. The van der Waals surface area contributed by atoms with Gasteiger partial charge < -0.3 is 14.8 Å². The zero-order valence-corrected chi connectivity index (χ0v) is 16.2. The number of rotatable bonds is 3. The molecule has 6 nitrogen and oxygen atoms in total. The molecule has 0 saturated carbocycles. The largest absolute Gasteiger partial charge is 0.342 e. The Bertz CT molecular complexity index is 803. The number of carbonyl (C=O) groups excluding carboxylic acids is 1. The van der Waals surface area contributed by atoms with Crippen molar-refractivity contribution in [2.75, 3.05) is 19.6 Å². The first-order chi connectivity index (χ1) is 12.6. The molecule has 1 N–H and O–H groups in total. The molecule has 1 aromatic carbocycles. The Morgan fingerprint density at radius 3 is 2.70 bits per heavy atom. The van der Waals surface area contributed by atoms with Gasteiger partial charge in [-0.05, 0) is 31.4 Å². The van der Waals surface area contributed by atoms with Gasteiger partial charge in [0.1, 0.15) is 17.5 Å². The van der Waals surface area contributed by atoms with Gasteiger partial charge in [0.2, 0.25) is 5.91 Å². The Balaban J connectivity index is 0.00000210. The van der Waals surface area contributed by atoms with E-state index in [9.17, 15) is 9.18 Å². The standard InChI is InChI=1S/C19H24FN5O.ClH/c1-13(15-4-2-3-5-16(15)20)19(26)24-9-6-14(7-10-24)18-23-22-17-12-21-8-11-25(17)18;/h2-5,13-14,21H,6-12H2,1H3;1H. The lowest BCUT2D eigenvalue weighted by Crippen LogP contribution is -2.41. The second-order valence-corrected chi connectivity index (χ2v) is 7.15. The maximum absolute atomic E-state index is 14.0. The third kappa shape index (κ3) is 3.84. The molecule has 1 saturated heterocycles. The summed E-state index contributed by atoms with van der Waals surface area (Å²) in [6.45, 7) is 5.77. The van der Waals surface area contributed by atoms with Gasteiger partial charge in [-0.1, -0.05) is 18.2 Å². The van der Waals surface area contributed by atoms with E-state index >= 15 is 0 Å². The zero-order chi connectivity index (χ0) is 18.1. The number of nitrogens with one attached hydrogen (secondary N) is 1. The summed E-state index contributed by atoms with van der Waals surface area (Å²) >= 11 is 0. The fraction of sp³-hybridized carbons (Fsp3) is 0.526. The van der Waals surface area contributed by atoms with Crippen LogP contribution in [0.15, 0.2) is 24.3 Å². The number of nitrogens with zero attached hydrogens (tertiary/aromatic N) is 4. The lowest BCUT2D eigenvalue weighted by Gasteiger charge is -2.33. The summed E-state index contributed by atoms with van der Waals surface area (Å²) in [7, 11) is 0. The van der Waals surface area contributed by atoms with Crippen LogP contribution >= 0.6 is 12.4 Å². The number of halogens is 2. The molecule has 4 rings (SSSR count). The predicted molar refractivity (Wildman–Crippen MR) is 102 cm³/mol. The molecule has 146 valence electrons. The minimum absolute atomic E-state index is 0. The van der Waals surface area contributed by atoms with Crippen LogP contribution in [0.2, 0.25) is 0 Å². The predicted octanol–water partition coefficient (Wildman–Crippen LogP) is 2.45. The molecular formula is C19H25ClFN5O. The lowest BCUT2D eigenvalue weighted by molar-refractivity contribution is -0.133. The number of amides is 1. The first-order valence-corrected chi connectivity index (χ1v) is 9.31. The molecule has 0 radical (unpaired) electrons.